The van der Waals surface area contributed by atoms with Gasteiger partial charge in [-0.1, -0.05) is 48.9 Å². The van der Waals surface area contributed by atoms with Gasteiger partial charge >= 0.3 is 0 Å². The van der Waals surface area contributed by atoms with E-state index in [0.717, 1.165) is 32.6 Å². The summed E-state index contributed by atoms with van der Waals surface area (Å²) < 4.78 is 1.90. The monoisotopic (exact) mass is 430 g/mol. The van der Waals surface area contributed by atoms with Crippen LogP contribution in [0, 0.1) is 0 Å². The van der Waals surface area contributed by atoms with Crippen LogP contribution in [0.1, 0.15) is 24.3 Å². The molecule has 0 radical (unpaired) electrons. The summed E-state index contributed by atoms with van der Waals surface area (Å²) in [6.45, 7) is 4.28. The SMILES string of the molecule is CCc1c[nH]c(-c2cc(Cl)c(C3(C)CSN(C)C(N)=N3)s2)c1-c1ccccc1. The zero-order chi connectivity index (χ0) is 19.9. The molecule has 0 aliphatic carbocycles. The second-order valence-electron chi connectivity index (χ2n) is 7.09. The summed E-state index contributed by atoms with van der Waals surface area (Å²) in [5, 5.41) is 0.746. The smallest absolute Gasteiger partial charge is 0.202 e. The zero-order valence-corrected chi connectivity index (χ0v) is 18.5. The molecule has 28 heavy (non-hydrogen) atoms. The average molecular weight is 431 g/mol. The number of aromatic nitrogens is 1. The van der Waals surface area contributed by atoms with Crippen molar-refractivity contribution in [2.45, 2.75) is 25.8 Å². The first-order valence-electron chi connectivity index (χ1n) is 9.20. The van der Waals surface area contributed by atoms with E-state index in [1.54, 1.807) is 23.3 Å². The predicted molar refractivity (Wildman–Crippen MR) is 123 cm³/mol. The van der Waals surface area contributed by atoms with Crippen molar-refractivity contribution in [2.24, 2.45) is 10.7 Å². The molecule has 3 aromatic rings. The van der Waals surface area contributed by atoms with Gasteiger partial charge in [0.25, 0.3) is 0 Å². The lowest BCUT2D eigenvalue weighted by Gasteiger charge is -2.33. The first kappa shape index (κ1) is 19.4. The zero-order valence-electron chi connectivity index (χ0n) is 16.1. The molecule has 1 aliphatic rings. The number of aliphatic imine (C=N–C) groups is 1. The average Bonchev–Trinajstić information content (AvgIpc) is 3.29. The van der Waals surface area contributed by atoms with Gasteiger partial charge in [0.15, 0.2) is 0 Å². The number of aromatic amines is 1. The summed E-state index contributed by atoms with van der Waals surface area (Å²) in [7, 11) is 1.93. The van der Waals surface area contributed by atoms with Crippen LogP contribution in [0.5, 0.6) is 0 Å². The Balaban J connectivity index is 1.81. The Labute approximate surface area is 179 Å². The molecular weight excluding hydrogens is 408 g/mol. The van der Waals surface area contributed by atoms with E-state index in [4.69, 9.17) is 22.3 Å². The van der Waals surface area contributed by atoms with Crippen molar-refractivity contribution < 1.29 is 0 Å². The van der Waals surface area contributed by atoms with E-state index in [-0.39, 0.29) is 0 Å². The molecule has 0 saturated heterocycles. The fraction of sp³-hybridized carbons (Fsp3) is 0.286. The minimum atomic E-state index is -0.422. The molecule has 0 saturated carbocycles. The highest BCUT2D eigenvalue weighted by Crippen LogP contribution is 2.47. The molecule has 0 fully saturated rings. The summed E-state index contributed by atoms with van der Waals surface area (Å²) in [4.78, 5) is 10.4. The third-order valence-corrected chi connectivity index (χ3v) is 8.13. The fourth-order valence-electron chi connectivity index (χ4n) is 3.49. The molecule has 146 valence electrons. The maximum Gasteiger partial charge on any atom is 0.202 e. The number of benzene rings is 1. The Morgan fingerprint density at radius 2 is 2.07 bits per heavy atom. The number of thiophene rings is 1. The van der Waals surface area contributed by atoms with Crippen LogP contribution in [0.4, 0.5) is 0 Å². The van der Waals surface area contributed by atoms with Gasteiger partial charge in [-0.2, -0.15) is 0 Å². The molecule has 3 heterocycles. The number of nitrogens with two attached hydrogens (primary N) is 1. The number of hydrogen-bond acceptors (Lipinski definition) is 5. The minimum absolute atomic E-state index is 0.422. The maximum atomic E-state index is 6.70. The van der Waals surface area contributed by atoms with E-state index >= 15 is 0 Å². The molecule has 4 rings (SSSR count). The van der Waals surface area contributed by atoms with Crippen molar-refractivity contribution in [3.63, 3.8) is 0 Å². The van der Waals surface area contributed by atoms with E-state index in [9.17, 15) is 0 Å². The standard InChI is InChI=1S/C21H23ClN4S2/c1-4-13-11-24-18(17(13)14-8-6-5-7-9-14)16-10-15(22)19(28-16)21(2)12-27-26(3)20(23)25-21/h5-11,24H,4,12H2,1-3H3,(H2,23,25). The Kier molecular flexibility index (Phi) is 5.21. The summed E-state index contributed by atoms with van der Waals surface area (Å²) >= 11 is 10.1. The highest BCUT2D eigenvalue weighted by molar-refractivity contribution is 7.97. The van der Waals surface area contributed by atoms with E-state index in [0.29, 0.717) is 5.96 Å². The first-order chi connectivity index (χ1) is 13.4. The number of nitrogens with zero attached hydrogens (tertiary/aromatic N) is 2. The van der Waals surface area contributed by atoms with E-state index in [1.807, 2.05) is 17.4 Å². The highest BCUT2D eigenvalue weighted by atomic mass is 35.5. The van der Waals surface area contributed by atoms with Gasteiger partial charge in [0.2, 0.25) is 5.96 Å². The van der Waals surface area contributed by atoms with Gasteiger partial charge in [0, 0.05) is 24.6 Å². The second kappa shape index (κ2) is 7.50. The lowest BCUT2D eigenvalue weighted by molar-refractivity contribution is 0.550. The fourth-order valence-corrected chi connectivity index (χ4v) is 6.06. The van der Waals surface area contributed by atoms with Gasteiger partial charge in [-0.05, 0) is 42.5 Å². The van der Waals surface area contributed by atoms with Crippen molar-refractivity contribution in [1.29, 1.82) is 0 Å². The topological polar surface area (TPSA) is 57.4 Å². The van der Waals surface area contributed by atoms with Crippen LogP contribution in [0.25, 0.3) is 21.7 Å². The van der Waals surface area contributed by atoms with Crippen molar-refractivity contribution in [2.75, 3.05) is 12.8 Å². The van der Waals surface area contributed by atoms with Crippen molar-refractivity contribution in [3.8, 4) is 21.7 Å². The quantitative estimate of drug-likeness (QED) is 0.518. The van der Waals surface area contributed by atoms with E-state index in [1.165, 1.54) is 16.7 Å². The number of nitrogens with one attached hydrogen (secondary N) is 1. The number of H-pyrrole nitrogens is 1. The molecule has 1 aliphatic heterocycles. The molecule has 0 bridgehead atoms. The van der Waals surface area contributed by atoms with Crippen molar-refractivity contribution in [1.82, 2.24) is 9.29 Å². The van der Waals surface area contributed by atoms with Gasteiger partial charge < -0.3 is 10.7 Å². The van der Waals surface area contributed by atoms with Gasteiger partial charge in [0.05, 0.1) is 20.5 Å². The molecule has 7 heteroatoms. The largest absolute Gasteiger partial charge is 0.369 e. The number of halogens is 1. The molecule has 3 N–H and O–H groups in total. The molecule has 1 aromatic carbocycles. The van der Waals surface area contributed by atoms with E-state index in [2.05, 4.69) is 55.4 Å². The van der Waals surface area contributed by atoms with Crippen LogP contribution in [-0.4, -0.2) is 28.0 Å². The highest BCUT2D eigenvalue weighted by Gasteiger charge is 2.35. The number of aryl methyl sites for hydroxylation is 1. The number of rotatable bonds is 4. The normalized spacial score (nSPS) is 19.7. The third kappa shape index (κ3) is 3.34. The summed E-state index contributed by atoms with van der Waals surface area (Å²) in [5.74, 6) is 1.34. The van der Waals surface area contributed by atoms with Crippen LogP contribution in [0.2, 0.25) is 5.02 Å². The maximum absolute atomic E-state index is 6.70. The molecule has 0 spiro atoms. The molecule has 1 unspecified atom stereocenters. The number of hydrogen-bond donors (Lipinski definition) is 2. The summed E-state index contributed by atoms with van der Waals surface area (Å²) in [6, 6.07) is 12.6. The van der Waals surface area contributed by atoms with Gasteiger partial charge in [-0.15, -0.1) is 11.3 Å². The summed E-state index contributed by atoms with van der Waals surface area (Å²) in [6.07, 6.45) is 3.07. The second-order valence-corrected chi connectivity index (χ2v) is 9.64. The van der Waals surface area contributed by atoms with Crippen LogP contribution >= 0.6 is 34.9 Å². The number of guanidine groups is 1. The van der Waals surface area contributed by atoms with Gasteiger partial charge in [-0.3, -0.25) is 4.31 Å². The minimum Gasteiger partial charge on any atom is -0.369 e. The lowest BCUT2D eigenvalue weighted by Crippen LogP contribution is -2.39. The van der Waals surface area contributed by atoms with Gasteiger partial charge in [0.1, 0.15) is 5.54 Å². The Morgan fingerprint density at radius 3 is 2.75 bits per heavy atom. The molecule has 4 nitrogen and oxygen atoms in total. The third-order valence-electron chi connectivity index (χ3n) is 5.05. The lowest BCUT2D eigenvalue weighted by atomic mass is 9.99. The summed E-state index contributed by atoms with van der Waals surface area (Å²) in [5.41, 5.74) is 10.5. The molecule has 1 atom stereocenters. The van der Waals surface area contributed by atoms with Crippen molar-refractivity contribution >= 4 is 40.8 Å². The molecular formula is C21H23ClN4S2. The van der Waals surface area contributed by atoms with Gasteiger partial charge in [-0.25, -0.2) is 4.99 Å². The van der Waals surface area contributed by atoms with Crippen LogP contribution in [-0.2, 0) is 12.0 Å². The molecule has 2 aromatic heterocycles. The van der Waals surface area contributed by atoms with Crippen molar-refractivity contribution in [3.05, 3.63) is 58.1 Å². The van der Waals surface area contributed by atoms with E-state index < -0.39 is 5.54 Å². The Hall–Kier alpha value is -1.89. The van der Waals surface area contributed by atoms with Crippen LogP contribution in [0.3, 0.4) is 0 Å². The molecule has 0 amide bonds. The first-order valence-corrected chi connectivity index (χ1v) is 11.3. The van der Waals surface area contributed by atoms with Crippen LogP contribution < -0.4 is 5.73 Å². The van der Waals surface area contributed by atoms with Crippen LogP contribution in [0.15, 0.2) is 47.6 Å². The Morgan fingerprint density at radius 1 is 1.32 bits per heavy atom. The Bertz CT molecular complexity index is 1020. The predicted octanol–water partition coefficient (Wildman–Crippen LogP) is 5.75.